The Morgan fingerprint density at radius 2 is 1.75 bits per heavy atom. The second kappa shape index (κ2) is 7.41. The fourth-order valence-electron chi connectivity index (χ4n) is 8.55. The number of carbonyl (C=O) groups is 3. The normalized spacial score (nSPS) is 49.6. The van der Waals surface area contributed by atoms with E-state index < -0.39 is 16.9 Å². The number of Topliss-reactive ketones (excluding diaryl/α,β-unsaturated/α-hetero) is 1. The minimum Gasteiger partial charge on any atom is -0.465 e. The largest absolute Gasteiger partial charge is 0.465 e. The molecule has 0 aromatic carbocycles. The molecule has 0 saturated heterocycles. The highest BCUT2D eigenvalue weighted by Gasteiger charge is 2.71. The Morgan fingerprint density at radius 3 is 2.38 bits per heavy atom. The van der Waals surface area contributed by atoms with E-state index in [1.54, 1.807) is 0 Å². The summed E-state index contributed by atoms with van der Waals surface area (Å²) in [6.07, 6.45) is 6.69. The molecule has 4 rings (SSSR count). The number of ketones is 1. The monoisotopic (exact) mass is 446 g/mol. The van der Waals surface area contributed by atoms with Crippen LogP contribution in [0.1, 0.15) is 73.6 Å². The smallest absolute Gasteiger partial charge is 0.302 e. The van der Waals surface area contributed by atoms with Crippen molar-refractivity contribution in [3.05, 3.63) is 12.2 Å². The van der Waals surface area contributed by atoms with Gasteiger partial charge in [0, 0.05) is 31.6 Å². The zero-order valence-corrected chi connectivity index (χ0v) is 20.3. The molecule has 6 nitrogen and oxygen atoms in total. The molecule has 6 heteroatoms. The summed E-state index contributed by atoms with van der Waals surface area (Å²) in [5.41, 5.74) is -1.53. The van der Waals surface area contributed by atoms with Gasteiger partial charge in [0.15, 0.2) is 0 Å². The van der Waals surface area contributed by atoms with Crippen LogP contribution in [0.4, 0.5) is 0 Å². The molecule has 4 aliphatic carbocycles. The average molecular weight is 447 g/mol. The Balaban J connectivity index is 1.78. The van der Waals surface area contributed by atoms with Crippen molar-refractivity contribution in [1.29, 1.82) is 0 Å². The zero-order chi connectivity index (χ0) is 23.7. The average Bonchev–Trinajstić information content (AvgIpc) is 3.02. The summed E-state index contributed by atoms with van der Waals surface area (Å²) in [6.45, 7) is 11.6. The van der Waals surface area contributed by atoms with E-state index in [2.05, 4.69) is 20.8 Å². The van der Waals surface area contributed by atoms with Crippen LogP contribution in [0.3, 0.4) is 0 Å². The fraction of sp³-hybridized carbons (Fsp3) is 0.808. The lowest BCUT2D eigenvalue weighted by molar-refractivity contribution is -0.243. The second-order valence-corrected chi connectivity index (χ2v) is 11.7. The third-order valence-electron chi connectivity index (χ3n) is 10.4. The van der Waals surface area contributed by atoms with Crippen LogP contribution in [0, 0.1) is 39.4 Å². The number of fused-ring (bicyclic) bond motifs is 5. The van der Waals surface area contributed by atoms with Gasteiger partial charge in [0.25, 0.3) is 0 Å². The number of esters is 2. The van der Waals surface area contributed by atoms with Gasteiger partial charge in [-0.3, -0.25) is 14.4 Å². The molecule has 9 atom stereocenters. The summed E-state index contributed by atoms with van der Waals surface area (Å²) in [4.78, 5) is 36.7. The van der Waals surface area contributed by atoms with Gasteiger partial charge in [-0.15, -0.1) is 0 Å². The van der Waals surface area contributed by atoms with Crippen LogP contribution in [0.5, 0.6) is 0 Å². The predicted molar refractivity (Wildman–Crippen MR) is 118 cm³/mol. The highest BCUT2D eigenvalue weighted by atomic mass is 16.5. The van der Waals surface area contributed by atoms with Crippen LogP contribution in [-0.2, 0) is 23.9 Å². The van der Waals surface area contributed by atoms with Crippen LogP contribution in [0.15, 0.2) is 12.2 Å². The molecule has 3 fully saturated rings. The summed E-state index contributed by atoms with van der Waals surface area (Å²) in [6, 6.07) is 0. The van der Waals surface area contributed by atoms with Crippen molar-refractivity contribution in [3.8, 4) is 0 Å². The quantitative estimate of drug-likeness (QED) is 0.523. The van der Waals surface area contributed by atoms with Crippen LogP contribution in [0.2, 0.25) is 0 Å². The third-order valence-corrected chi connectivity index (χ3v) is 10.4. The van der Waals surface area contributed by atoms with Gasteiger partial charge in [0.1, 0.15) is 18.5 Å². The molecule has 178 valence electrons. The van der Waals surface area contributed by atoms with Crippen molar-refractivity contribution >= 4 is 17.7 Å². The Kier molecular flexibility index (Phi) is 5.43. The molecular weight excluding hydrogens is 408 g/mol. The number of rotatable bonds is 3. The number of carbonyl (C=O) groups excluding carboxylic acids is 3. The summed E-state index contributed by atoms with van der Waals surface area (Å²) in [5.74, 6) is -0.289. The van der Waals surface area contributed by atoms with Gasteiger partial charge in [0.2, 0.25) is 0 Å². The van der Waals surface area contributed by atoms with E-state index in [4.69, 9.17) is 9.47 Å². The highest BCUT2D eigenvalue weighted by Crippen LogP contribution is 2.73. The number of ether oxygens (including phenoxy) is 2. The minimum atomic E-state index is -0.721. The van der Waals surface area contributed by atoms with Gasteiger partial charge in [-0.2, -0.15) is 0 Å². The Bertz CT molecular complexity index is 864. The van der Waals surface area contributed by atoms with Gasteiger partial charge in [-0.05, 0) is 55.3 Å². The van der Waals surface area contributed by atoms with E-state index >= 15 is 0 Å². The van der Waals surface area contributed by atoms with E-state index in [0.29, 0.717) is 6.42 Å². The first-order valence-electron chi connectivity index (χ1n) is 12.0. The van der Waals surface area contributed by atoms with Crippen LogP contribution >= 0.6 is 0 Å². The van der Waals surface area contributed by atoms with Gasteiger partial charge < -0.3 is 14.6 Å². The lowest BCUT2D eigenvalue weighted by atomic mass is 9.35. The highest BCUT2D eigenvalue weighted by molar-refractivity contribution is 5.86. The molecule has 1 N–H and O–H groups in total. The van der Waals surface area contributed by atoms with E-state index in [9.17, 15) is 19.5 Å². The predicted octanol–water partition coefficient (Wildman–Crippen LogP) is 3.85. The Labute approximate surface area is 191 Å². The second-order valence-electron chi connectivity index (χ2n) is 11.7. The minimum absolute atomic E-state index is 0.0274. The molecule has 4 aliphatic rings. The van der Waals surface area contributed by atoms with Gasteiger partial charge in [-0.25, -0.2) is 0 Å². The van der Waals surface area contributed by atoms with Crippen molar-refractivity contribution in [1.82, 2.24) is 0 Å². The Hall–Kier alpha value is -1.69. The SMILES string of the molecule is CC(=O)OC[C@]1(C)C(=O)CC[C@@]2(C)[C@H]1CC[C@]1(C)[C@@H]2C[C@@H](OC(C)=O)[C@@H]2C=C[C@H](O)[C@]21C. The van der Waals surface area contributed by atoms with Crippen molar-refractivity contribution in [3.63, 3.8) is 0 Å². The Morgan fingerprint density at radius 1 is 1.06 bits per heavy atom. The molecule has 3 saturated carbocycles. The fourth-order valence-corrected chi connectivity index (χ4v) is 8.55. The van der Waals surface area contributed by atoms with Gasteiger partial charge in [0.05, 0.1) is 11.5 Å². The first kappa shape index (κ1) is 23.5. The van der Waals surface area contributed by atoms with E-state index in [1.807, 2.05) is 19.1 Å². The molecule has 0 unspecified atom stereocenters. The molecule has 0 radical (unpaired) electrons. The topological polar surface area (TPSA) is 89.9 Å². The zero-order valence-electron chi connectivity index (χ0n) is 20.3. The number of aliphatic hydroxyl groups excluding tert-OH is 1. The van der Waals surface area contributed by atoms with Crippen LogP contribution in [0.25, 0.3) is 0 Å². The number of hydrogen-bond donors (Lipinski definition) is 1. The molecule has 0 aromatic rings. The number of hydrogen-bond acceptors (Lipinski definition) is 6. The van der Waals surface area contributed by atoms with Crippen molar-refractivity contribution in [2.24, 2.45) is 39.4 Å². The maximum atomic E-state index is 13.2. The summed E-state index contributed by atoms with van der Waals surface area (Å²) < 4.78 is 11.3. The third kappa shape index (κ3) is 2.97. The lowest BCUT2D eigenvalue weighted by Gasteiger charge is -2.69. The summed E-state index contributed by atoms with van der Waals surface area (Å²) in [5, 5.41) is 11.2. The molecule has 0 aromatic heterocycles. The maximum absolute atomic E-state index is 13.2. The first-order chi connectivity index (χ1) is 14.8. The van der Waals surface area contributed by atoms with Crippen molar-refractivity contribution < 1.29 is 29.0 Å². The summed E-state index contributed by atoms with van der Waals surface area (Å²) in [7, 11) is 0. The molecule has 0 heterocycles. The summed E-state index contributed by atoms with van der Waals surface area (Å²) >= 11 is 0. The number of aliphatic hydroxyl groups is 1. The standard InChI is InChI=1S/C26H38O6/c1-15(27)31-14-24(4)19-9-12-25(5)20(23(19,3)11-10-21(24)29)13-18(32-16(2)28)17-7-8-22(30)26(17,25)6/h7-8,17-20,22,30H,9-14H2,1-6H3/t17-,18+,19+,20+,22-,23-,24-,25+,26-/m0/s1. The van der Waals surface area contributed by atoms with Crippen molar-refractivity contribution in [2.75, 3.05) is 6.61 Å². The van der Waals surface area contributed by atoms with Gasteiger partial charge >= 0.3 is 11.9 Å². The van der Waals surface area contributed by atoms with E-state index in [0.717, 1.165) is 25.7 Å². The molecule has 0 bridgehead atoms. The molecule has 0 spiro atoms. The van der Waals surface area contributed by atoms with E-state index in [1.165, 1.54) is 13.8 Å². The lowest BCUT2D eigenvalue weighted by Crippen LogP contribution is -2.68. The van der Waals surface area contributed by atoms with Gasteiger partial charge in [-0.1, -0.05) is 32.9 Å². The molecule has 0 aliphatic heterocycles. The van der Waals surface area contributed by atoms with Crippen LogP contribution < -0.4 is 0 Å². The maximum Gasteiger partial charge on any atom is 0.302 e. The molecular formula is C26H38O6. The van der Waals surface area contributed by atoms with E-state index in [-0.39, 0.29) is 59.0 Å². The van der Waals surface area contributed by atoms with Crippen LogP contribution in [-0.4, -0.2) is 41.6 Å². The molecule has 0 amide bonds. The first-order valence-corrected chi connectivity index (χ1v) is 12.0. The van der Waals surface area contributed by atoms with Crippen molar-refractivity contribution in [2.45, 2.75) is 85.9 Å². The molecule has 32 heavy (non-hydrogen) atoms.